The summed E-state index contributed by atoms with van der Waals surface area (Å²) >= 11 is 0. The number of hydrogen-bond donors (Lipinski definition) is 2. The van der Waals surface area contributed by atoms with E-state index in [4.69, 9.17) is 5.53 Å². The van der Waals surface area contributed by atoms with E-state index >= 15 is 0 Å². The molecule has 1 aromatic rings. The number of aromatic amines is 1. The van der Waals surface area contributed by atoms with Crippen LogP contribution in [0.2, 0.25) is 0 Å². The number of azide groups is 1. The average molecular weight is 265 g/mol. The monoisotopic (exact) mass is 265 g/mol. The number of aromatic nitrogens is 2. The van der Waals surface area contributed by atoms with Gasteiger partial charge in [-0.3, -0.25) is 14.3 Å². The predicted molar refractivity (Wildman–Crippen MR) is 67.8 cm³/mol. The zero-order valence-corrected chi connectivity index (χ0v) is 10.5. The summed E-state index contributed by atoms with van der Waals surface area (Å²) in [6.45, 7) is 1.54. The van der Waals surface area contributed by atoms with E-state index < -0.39 is 11.2 Å². The molecule has 3 atom stereocenters. The first-order chi connectivity index (χ1) is 9.06. The number of aliphatic hydroxyl groups is 1. The summed E-state index contributed by atoms with van der Waals surface area (Å²) < 4.78 is 1.45. The normalized spacial score (nSPS) is 26.1. The number of aryl methyl sites for hydroxylation is 1. The molecule has 0 saturated heterocycles. The molecule has 2 rings (SSSR count). The van der Waals surface area contributed by atoms with Crippen LogP contribution in [0.5, 0.6) is 0 Å². The lowest BCUT2D eigenvalue weighted by molar-refractivity contribution is 0.215. The van der Waals surface area contributed by atoms with Crippen molar-refractivity contribution in [3.8, 4) is 0 Å². The fraction of sp³-hybridized carbons (Fsp3) is 0.636. The van der Waals surface area contributed by atoms with Gasteiger partial charge in [-0.2, -0.15) is 0 Å². The van der Waals surface area contributed by atoms with Crippen LogP contribution in [-0.4, -0.2) is 27.3 Å². The molecule has 19 heavy (non-hydrogen) atoms. The van der Waals surface area contributed by atoms with Crippen molar-refractivity contribution in [2.24, 2.45) is 11.0 Å². The van der Waals surface area contributed by atoms with Gasteiger partial charge in [0.2, 0.25) is 0 Å². The van der Waals surface area contributed by atoms with Gasteiger partial charge in [0.05, 0.1) is 0 Å². The highest BCUT2D eigenvalue weighted by molar-refractivity contribution is 5.03. The largest absolute Gasteiger partial charge is 0.396 e. The van der Waals surface area contributed by atoms with E-state index in [9.17, 15) is 14.7 Å². The van der Waals surface area contributed by atoms with Crippen molar-refractivity contribution in [2.75, 3.05) is 6.61 Å². The molecule has 8 nitrogen and oxygen atoms in total. The summed E-state index contributed by atoms with van der Waals surface area (Å²) in [6, 6.07) is -0.491. The maximum absolute atomic E-state index is 11.8. The molecule has 8 heteroatoms. The smallest absolute Gasteiger partial charge is 0.328 e. The van der Waals surface area contributed by atoms with Crippen LogP contribution in [0, 0.1) is 12.8 Å². The first-order valence-corrected chi connectivity index (χ1v) is 6.04. The third-order valence-electron chi connectivity index (χ3n) is 3.61. The van der Waals surface area contributed by atoms with Gasteiger partial charge in [0.1, 0.15) is 0 Å². The van der Waals surface area contributed by atoms with E-state index in [1.165, 1.54) is 10.8 Å². The predicted octanol–water partition coefficient (Wildman–Crippen LogP) is 0.467. The minimum atomic E-state index is -0.473. The number of rotatable bonds is 3. The molecule has 1 heterocycles. The van der Waals surface area contributed by atoms with Gasteiger partial charge in [-0.05, 0) is 31.2 Å². The van der Waals surface area contributed by atoms with E-state index in [0.29, 0.717) is 18.4 Å². The highest BCUT2D eigenvalue weighted by Crippen LogP contribution is 2.35. The number of H-pyrrole nitrogens is 1. The quantitative estimate of drug-likeness (QED) is 0.468. The fourth-order valence-corrected chi connectivity index (χ4v) is 2.56. The van der Waals surface area contributed by atoms with Crippen molar-refractivity contribution in [1.82, 2.24) is 9.55 Å². The lowest BCUT2D eigenvalue weighted by atomic mass is 10.1. The molecule has 0 amide bonds. The molecule has 102 valence electrons. The zero-order chi connectivity index (χ0) is 14.0. The van der Waals surface area contributed by atoms with Gasteiger partial charge < -0.3 is 5.11 Å². The van der Waals surface area contributed by atoms with Crippen LogP contribution in [0.4, 0.5) is 0 Å². The molecular weight excluding hydrogens is 250 g/mol. The van der Waals surface area contributed by atoms with Gasteiger partial charge in [-0.25, -0.2) is 4.79 Å². The van der Waals surface area contributed by atoms with E-state index in [-0.39, 0.29) is 24.6 Å². The summed E-state index contributed by atoms with van der Waals surface area (Å²) in [5.74, 6) is -0.153. The van der Waals surface area contributed by atoms with Crippen molar-refractivity contribution in [1.29, 1.82) is 0 Å². The van der Waals surface area contributed by atoms with Crippen LogP contribution in [0.15, 0.2) is 20.9 Å². The van der Waals surface area contributed by atoms with Gasteiger partial charge >= 0.3 is 5.69 Å². The van der Waals surface area contributed by atoms with E-state index in [2.05, 4.69) is 15.0 Å². The number of nitrogens with one attached hydrogen (secondary N) is 1. The second kappa shape index (κ2) is 5.29. The Morgan fingerprint density at radius 3 is 2.95 bits per heavy atom. The van der Waals surface area contributed by atoms with Crippen molar-refractivity contribution in [3.05, 3.63) is 43.0 Å². The van der Waals surface area contributed by atoms with Crippen molar-refractivity contribution < 1.29 is 5.11 Å². The molecule has 1 fully saturated rings. The van der Waals surface area contributed by atoms with Crippen LogP contribution in [-0.2, 0) is 0 Å². The SMILES string of the molecule is Cc1cn(C2CC(CO)C(N=[N+]=[N-])C2)c(=O)[nH]c1=O. The molecule has 1 aliphatic carbocycles. The zero-order valence-electron chi connectivity index (χ0n) is 10.5. The summed E-state index contributed by atoms with van der Waals surface area (Å²) in [7, 11) is 0. The van der Waals surface area contributed by atoms with Gasteiger partial charge in [-0.15, -0.1) is 0 Å². The Morgan fingerprint density at radius 2 is 2.32 bits per heavy atom. The third kappa shape index (κ3) is 2.54. The Labute approximate surface area is 108 Å². The topological polar surface area (TPSA) is 124 Å². The standard InChI is InChI=1S/C11H15N5O3/c1-6-4-16(11(19)13-10(6)18)8-2-7(5-17)9(3-8)14-15-12/h4,7-9,17H,2-3,5H2,1H3,(H,13,18,19). The molecule has 0 bridgehead atoms. The van der Waals surface area contributed by atoms with E-state index in [0.717, 1.165) is 0 Å². The first-order valence-electron chi connectivity index (χ1n) is 6.04. The van der Waals surface area contributed by atoms with Crippen molar-refractivity contribution in [3.63, 3.8) is 0 Å². The Hall–Kier alpha value is -2.05. The van der Waals surface area contributed by atoms with Crippen LogP contribution in [0.1, 0.15) is 24.4 Å². The van der Waals surface area contributed by atoms with Crippen LogP contribution in [0.3, 0.4) is 0 Å². The van der Waals surface area contributed by atoms with Crippen LogP contribution < -0.4 is 11.2 Å². The van der Waals surface area contributed by atoms with Gasteiger partial charge in [0, 0.05) is 35.4 Å². The third-order valence-corrected chi connectivity index (χ3v) is 3.61. The lowest BCUT2D eigenvalue weighted by Gasteiger charge is -2.13. The van der Waals surface area contributed by atoms with Crippen molar-refractivity contribution in [2.45, 2.75) is 31.8 Å². The molecule has 1 saturated carbocycles. The maximum atomic E-state index is 11.8. The Kier molecular flexibility index (Phi) is 3.73. The van der Waals surface area contributed by atoms with Gasteiger partial charge in [0.25, 0.3) is 5.56 Å². The first kappa shape index (κ1) is 13.4. The Morgan fingerprint density at radius 1 is 1.58 bits per heavy atom. The summed E-state index contributed by atoms with van der Waals surface area (Å²) in [5, 5.41) is 12.9. The molecule has 2 N–H and O–H groups in total. The minimum absolute atomic E-state index is 0.0860. The highest BCUT2D eigenvalue weighted by Gasteiger charge is 2.34. The van der Waals surface area contributed by atoms with Crippen molar-refractivity contribution >= 4 is 0 Å². The summed E-state index contributed by atoms with van der Waals surface area (Å²) in [6.07, 6.45) is 2.55. The van der Waals surface area contributed by atoms with E-state index in [1.54, 1.807) is 6.92 Å². The molecule has 3 unspecified atom stereocenters. The molecule has 0 spiro atoms. The average Bonchev–Trinajstić information content (AvgIpc) is 2.77. The maximum Gasteiger partial charge on any atom is 0.328 e. The molecular formula is C11H15N5O3. The highest BCUT2D eigenvalue weighted by atomic mass is 16.3. The van der Waals surface area contributed by atoms with Gasteiger partial charge in [-0.1, -0.05) is 5.11 Å². The van der Waals surface area contributed by atoms with Gasteiger partial charge in [0.15, 0.2) is 0 Å². The number of aliphatic hydroxyl groups excluding tert-OH is 1. The summed E-state index contributed by atoms with van der Waals surface area (Å²) in [4.78, 5) is 28.1. The molecule has 0 aliphatic heterocycles. The molecule has 1 aromatic heterocycles. The van der Waals surface area contributed by atoms with Crippen LogP contribution in [0.25, 0.3) is 10.4 Å². The number of hydrogen-bond acceptors (Lipinski definition) is 4. The molecule has 0 aromatic carbocycles. The minimum Gasteiger partial charge on any atom is -0.396 e. The Bertz CT molecular complexity index is 628. The number of nitrogens with zero attached hydrogens (tertiary/aromatic N) is 4. The second-order valence-corrected chi connectivity index (χ2v) is 4.82. The summed E-state index contributed by atoms with van der Waals surface area (Å²) in [5.41, 5.74) is 8.07. The fourth-order valence-electron chi connectivity index (χ4n) is 2.56. The van der Waals surface area contributed by atoms with E-state index in [1.807, 2.05) is 0 Å². The Balaban J connectivity index is 2.34. The molecule has 1 aliphatic rings. The lowest BCUT2D eigenvalue weighted by Crippen LogP contribution is -2.32. The van der Waals surface area contributed by atoms with Crippen LogP contribution >= 0.6 is 0 Å². The molecule has 0 radical (unpaired) electrons. The second-order valence-electron chi connectivity index (χ2n) is 4.82.